The highest BCUT2D eigenvalue weighted by Gasteiger charge is 2.22. The van der Waals surface area contributed by atoms with E-state index in [1.807, 2.05) is 12.2 Å². The fraction of sp³-hybridized carbons (Fsp3) is 0.444. The average molecular weight is 272 g/mol. The van der Waals surface area contributed by atoms with E-state index in [0.29, 0.717) is 0 Å². The molecular weight excluding hydrogens is 248 g/mol. The fourth-order valence-electron chi connectivity index (χ4n) is 2.77. The van der Waals surface area contributed by atoms with E-state index in [4.69, 9.17) is 0 Å². The van der Waals surface area contributed by atoms with E-state index in [2.05, 4.69) is 32.0 Å². The summed E-state index contributed by atoms with van der Waals surface area (Å²) in [4.78, 5) is 0. The summed E-state index contributed by atoms with van der Waals surface area (Å²) < 4.78 is 0. The number of aryl methyl sites for hydroxylation is 1. The Bertz CT molecular complexity index is 524. The average Bonchev–Trinajstić information content (AvgIpc) is 2.41. The van der Waals surface area contributed by atoms with Crippen molar-refractivity contribution in [2.75, 3.05) is 0 Å². The molecule has 1 aromatic carbocycles. The van der Waals surface area contributed by atoms with Crippen LogP contribution in [0.5, 0.6) is 0 Å². The molecule has 0 radical (unpaired) electrons. The maximum absolute atomic E-state index is 9.57. The molecule has 0 spiro atoms. The summed E-state index contributed by atoms with van der Waals surface area (Å²) in [7, 11) is 0. The van der Waals surface area contributed by atoms with E-state index < -0.39 is 5.79 Å². The molecular formula is C18H24O2. The molecule has 0 fully saturated rings. The lowest BCUT2D eigenvalue weighted by atomic mass is 9.88. The van der Waals surface area contributed by atoms with Crippen LogP contribution in [0.15, 0.2) is 36.4 Å². The highest BCUT2D eigenvalue weighted by atomic mass is 16.5. The Labute approximate surface area is 121 Å². The molecule has 1 aliphatic rings. The van der Waals surface area contributed by atoms with Crippen molar-refractivity contribution in [2.24, 2.45) is 0 Å². The van der Waals surface area contributed by atoms with Crippen molar-refractivity contribution in [3.05, 3.63) is 53.1 Å². The molecule has 1 aliphatic carbocycles. The standard InChI is InChI=1S/C18H24O2/c1-3-6-14-8-5-9-17(16(14)7-4-2)15-10-12-18(19,20)13-11-15/h5,8-12,19-20H,3-4,6-7,13H2,1-2H3. The molecule has 0 aliphatic heterocycles. The molecule has 0 saturated carbocycles. The molecule has 2 heteroatoms. The van der Waals surface area contributed by atoms with Crippen LogP contribution in [0.3, 0.4) is 0 Å². The van der Waals surface area contributed by atoms with Crippen LogP contribution in [0.25, 0.3) is 5.57 Å². The molecule has 0 heterocycles. The molecule has 0 bridgehead atoms. The van der Waals surface area contributed by atoms with Gasteiger partial charge in [0.1, 0.15) is 0 Å². The van der Waals surface area contributed by atoms with Gasteiger partial charge in [-0.15, -0.1) is 0 Å². The fourth-order valence-corrected chi connectivity index (χ4v) is 2.77. The largest absolute Gasteiger partial charge is 0.362 e. The van der Waals surface area contributed by atoms with Crippen LogP contribution < -0.4 is 0 Å². The molecule has 2 rings (SSSR count). The second kappa shape index (κ2) is 6.38. The molecule has 0 amide bonds. The zero-order valence-corrected chi connectivity index (χ0v) is 12.4. The van der Waals surface area contributed by atoms with E-state index >= 15 is 0 Å². The lowest BCUT2D eigenvalue weighted by molar-refractivity contribution is -0.114. The first kappa shape index (κ1) is 15.0. The van der Waals surface area contributed by atoms with Gasteiger partial charge in [0.15, 0.2) is 5.79 Å². The van der Waals surface area contributed by atoms with Gasteiger partial charge in [0.05, 0.1) is 0 Å². The van der Waals surface area contributed by atoms with E-state index in [-0.39, 0.29) is 6.42 Å². The molecule has 0 aromatic heterocycles. The van der Waals surface area contributed by atoms with E-state index in [1.54, 1.807) is 0 Å². The first-order chi connectivity index (χ1) is 9.57. The Morgan fingerprint density at radius 1 is 1.10 bits per heavy atom. The van der Waals surface area contributed by atoms with Crippen molar-refractivity contribution in [1.82, 2.24) is 0 Å². The molecule has 2 N–H and O–H groups in total. The number of aliphatic hydroxyl groups is 2. The van der Waals surface area contributed by atoms with Crippen molar-refractivity contribution >= 4 is 5.57 Å². The Morgan fingerprint density at radius 3 is 2.45 bits per heavy atom. The minimum absolute atomic E-state index is 0.252. The molecule has 0 saturated heterocycles. The third-order valence-electron chi connectivity index (χ3n) is 3.76. The van der Waals surface area contributed by atoms with Gasteiger partial charge in [-0.1, -0.05) is 57.0 Å². The lowest BCUT2D eigenvalue weighted by Gasteiger charge is -2.22. The topological polar surface area (TPSA) is 40.5 Å². The zero-order valence-electron chi connectivity index (χ0n) is 12.4. The maximum Gasteiger partial charge on any atom is 0.186 e. The summed E-state index contributed by atoms with van der Waals surface area (Å²) in [5.41, 5.74) is 5.18. The monoisotopic (exact) mass is 272 g/mol. The predicted molar refractivity (Wildman–Crippen MR) is 83.3 cm³/mol. The lowest BCUT2D eigenvalue weighted by Crippen LogP contribution is -2.25. The Hall–Kier alpha value is -1.38. The van der Waals surface area contributed by atoms with Crippen molar-refractivity contribution in [2.45, 2.75) is 51.7 Å². The minimum Gasteiger partial charge on any atom is -0.362 e. The third-order valence-corrected chi connectivity index (χ3v) is 3.76. The maximum atomic E-state index is 9.57. The summed E-state index contributed by atoms with van der Waals surface area (Å²) in [5.74, 6) is -1.69. The number of hydrogen-bond acceptors (Lipinski definition) is 2. The van der Waals surface area contributed by atoms with Crippen LogP contribution in [0.2, 0.25) is 0 Å². The van der Waals surface area contributed by atoms with Gasteiger partial charge in [-0.2, -0.15) is 0 Å². The van der Waals surface area contributed by atoms with Crippen molar-refractivity contribution in [3.63, 3.8) is 0 Å². The summed E-state index contributed by atoms with van der Waals surface area (Å²) in [6.07, 6.45) is 9.91. The number of hydrogen-bond donors (Lipinski definition) is 2. The van der Waals surface area contributed by atoms with Crippen molar-refractivity contribution in [3.8, 4) is 0 Å². The van der Waals surface area contributed by atoms with Gasteiger partial charge >= 0.3 is 0 Å². The Morgan fingerprint density at radius 2 is 1.85 bits per heavy atom. The summed E-state index contributed by atoms with van der Waals surface area (Å²) in [6, 6.07) is 6.46. The Balaban J connectivity index is 2.39. The summed E-state index contributed by atoms with van der Waals surface area (Å²) >= 11 is 0. The SMILES string of the molecule is CCCc1cccc(C2=CCC(O)(O)C=C2)c1CCC. The van der Waals surface area contributed by atoms with Gasteiger partial charge in [-0.25, -0.2) is 0 Å². The molecule has 0 unspecified atom stereocenters. The smallest absolute Gasteiger partial charge is 0.186 e. The van der Waals surface area contributed by atoms with Gasteiger partial charge in [0.2, 0.25) is 0 Å². The predicted octanol–water partition coefficient (Wildman–Crippen LogP) is 3.62. The van der Waals surface area contributed by atoms with Crippen LogP contribution in [0, 0.1) is 0 Å². The van der Waals surface area contributed by atoms with Gasteiger partial charge in [0.25, 0.3) is 0 Å². The van der Waals surface area contributed by atoms with E-state index in [1.165, 1.54) is 22.8 Å². The summed E-state index contributed by atoms with van der Waals surface area (Å²) in [6.45, 7) is 4.40. The van der Waals surface area contributed by atoms with Crippen molar-refractivity contribution in [1.29, 1.82) is 0 Å². The van der Waals surface area contributed by atoms with Gasteiger partial charge in [-0.05, 0) is 41.2 Å². The molecule has 2 nitrogen and oxygen atoms in total. The van der Waals surface area contributed by atoms with Crippen LogP contribution in [0.1, 0.15) is 49.8 Å². The Kier molecular flexibility index (Phi) is 4.79. The van der Waals surface area contributed by atoms with Gasteiger partial charge in [-0.3, -0.25) is 0 Å². The van der Waals surface area contributed by atoms with Crippen LogP contribution in [-0.2, 0) is 12.8 Å². The first-order valence-electron chi connectivity index (χ1n) is 7.52. The number of allylic oxidation sites excluding steroid dienone is 2. The quantitative estimate of drug-likeness (QED) is 0.804. The van der Waals surface area contributed by atoms with Gasteiger partial charge in [0, 0.05) is 6.42 Å². The second-order valence-corrected chi connectivity index (χ2v) is 5.52. The summed E-state index contributed by atoms with van der Waals surface area (Å²) in [5, 5.41) is 19.1. The molecule has 0 atom stereocenters. The first-order valence-corrected chi connectivity index (χ1v) is 7.52. The third kappa shape index (κ3) is 3.38. The second-order valence-electron chi connectivity index (χ2n) is 5.52. The molecule has 1 aromatic rings. The minimum atomic E-state index is -1.69. The zero-order chi connectivity index (χ0) is 14.6. The van der Waals surface area contributed by atoms with E-state index in [9.17, 15) is 10.2 Å². The normalized spacial score (nSPS) is 17.1. The highest BCUT2D eigenvalue weighted by Crippen LogP contribution is 2.30. The molecule has 108 valence electrons. The van der Waals surface area contributed by atoms with Crippen LogP contribution in [-0.4, -0.2) is 16.0 Å². The number of benzene rings is 1. The molecule has 20 heavy (non-hydrogen) atoms. The van der Waals surface area contributed by atoms with Crippen molar-refractivity contribution < 1.29 is 10.2 Å². The highest BCUT2D eigenvalue weighted by molar-refractivity contribution is 5.78. The van der Waals surface area contributed by atoms with Crippen LogP contribution >= 0.6 is 0 Å². The van der Waals surface area contributed by atoms with Gasteiger partial charge < -0.3 is 10.2 Å². The van der Waals surface area contributed by atoms with Crippen LogP contribution in [0.4, 0.5) is 0 Å². The number of rotatable bonds is 5. The van der Waals surface area contributed by atoms with E-state index in [0.717, 1.165) is 31.3 Å².